The van der Waals surface area contributed by atoms with Crippen molar-refractivity contribution >= 4 is 5.57 Å². The first-order valence-electron chi connectivity index (χ1n) is 6.58. The number of aliphatic hydroxyl groups is 1. The van der Waals surface area contributed by atoms with Crippen LogP contribution in [0.4, 0.5) is 0 Å². The maximum atomic E-state index is 7.00. The molecule has 1 N–H and O–H groups in total. The molecule has 0 atom stereocenters. The van der Waals surface area contributed by atoms with Crippen LogP contribution in [0.1, 0.15) is 46.6 Å². The molecule has 1 aliphatic rings. The molecule has 0 radical (unpaired) electrons. The van der Waals surface area contributed by atoms with Crippen LogP contribution in [0, 0.1) is 12.0 Å². The predicted molar refractivity (Wildman–Crippen MR) is 84.7 cm³/mol. The van der Waals surface area contributed by atoms with Crippen molar-refractivity contribution in [2.45, 2.75) is 41.0 Å². The van der Waals surface area contributed by atoms with Crippen LogP contribution in [0.3, 0.4) is 0 Å². The van der Waals surface area contributed by atoms with Gasteiger partial charge in [-0.05, 0) is 20.3 Å². The number of benzene rings is 1. The average molecular weight is 377 g/mol. The molecule has 0 heterocycles. The van der Waals surface area contributed by atoms with Crippen LogP contribution >= 0.6 is 0 Å². The number of rotatable bonds is 1. The van der Waals surface area contributed by atoms with Gasteiger partial charge in [0.15, 0.2) is 0 Å². The summed E-state index contributed by atoms with van der Waals surface area (Å²) in [6, 6.07) is 11.5. The molecule has 1 aromatic rings. The van der Waals surface area contributed by atoms with Crippen LogP contribution in [-0.2, 0) is 21.7 Å². The van der Waals surface area contributed by atoms with Gasteiger partial charge >= 0.3 is 21.7 Å². The van der Waals surface area contributed by atoms with Gasteiger partial charge in [-0.1, -0.05) is 17.2 Å². The smallest absolute Gasteiger partial charge is 1.00 e. The van der Waals surface area contributed by atoms with Crippen LogP contribution in [0.15, 0.2) is 41.5 Å². The van der Waals surface area contributed by atoms with E-state index in [0.29, 0.717) is 0 Å². The van der Waals surface area contributed by atoms with E-state index in [1.54, 1.807) is 0 Å². The van der Waals surface area contributed by atoms with Gasteiger partial charge in [0.1, 0.15) is 0 Å². The molecule has 0 spiro atoms. The van der Waals surface area contributed by atoms with Crippen LogP contribution in [0.25, 0.3) is 5.57 Å². The number of allylic oxidation sites excluding steroid dienone is 4. The Kier molecular flexibility index (Phi) is 23.5. The van der Waals surface area contributed by atoms with E-state index in [1.807, 2.05) is 12.1 Å². The Morgan fingerprint density at radius 2 is 1.55 bits per heavy atom. The van der Waals surface area contributed by atoms with Crippen molar-refractivity contribution in [1.29, 1.82) is 0 Å². The Balaban J connectivity index is -0.000000159. The maximum absolute atomic E-state index is 7.00. The number of aliphatic hydroxyl groups excluding tert-OH is 1. The monoisotopic (exact) mass is 376 g/mol. The third-order valence-corrected chi connectivity index (χ3v) is 2.69. The Hall–Kier alpha value is -0.0457. The van der Waals surface area contributed by atoms with Gasteiger partial charge in [-0.3, -0.25) is 0 Å². The SMILES string of the molecule is CC1=CCC(c2[c-]cccc2)=C1C.CO.C[C-](C)C.[Cl-].[Cl-].[Ti+4]. The molecule has 0 bridgehead atoms. The first kappa shape index (κ1) is 29.9. The summed E-state index contributed by atoms with van der Waals surface area (Å²) in [5, 5.41) is 7.00. The fraction of sp³-hybridized carbons (Fsp3) is 0.389. The van der Waals surface area contributed by atoms with Crippen molar-refractivity contribution in [1.82, 2.24) is 0 Å². The molecule has 0 saturated carbocycles. The van der Waals surface area contributed by atoms with E-state index in [4.69, 9.17) is 5.11 Å². The number of halogens is 2. The maximum Gasteiger partial charge on any atom is 4.00 e. The molecule has 1 nitrogen and oxygen atoms in total. The third-order valence-electron chi connectivity index (χ3n) is 2.69. The Labute approximate surface area is 164 Å². The molecule has 2 rings (SSSR count). The summed E-state index contributed by atoms with van der Waals surface area (Å²) in [6.07, 6.45) is 3.35. The fourth-order valence-corrected chi connectivity index (χ4v) is 1.69. The summed E-state index contributed by atoms with van der Waals surface area (Å²) in [5.41, 5.74) is 5.50. The summed E-state index contributed by atoms with van der Waals surface area (Å²) in [4.78, 5) is 0. The molecule has 0 aromatic heterocycles. The zero-order valence-corrected chi connectivity index (χ0v) is 17.4. The average Bonchev–Trinajstić information content (AvgIpc) is 2.73. The standard InChI is InChI=1S/C13H13.C4H9.CH4O.2ClH.Ti/c1-10-8-9-13(11(10)2)12-6-4-3-5-7-12;1-4(2)3;1-2;;;/h3-6,8H,9H2,1-2H3;1-3H3;2H,1H3;2*1H;/q2*-1;;;;+4/p-2. The minimum atomic E-state index is 0. The summed E-state index contributed by atoms with van der Waals surface area (Å²) in [7, 11) is 1.00. The number of hydrogen-bond acceptors (Lipinski definition) is 1. The molecule has 1 aliphatic carbocycles. The van der Waals surface area contributed by atoms with Gasteiger partial charge in [0.05, 0.1) is 0 Å². The molecule has 22 heavy (non-hydrogen) atoms. The van der Waals surface area contributed by atoms with E-state index >= 15 is 0 Å². The molecule has 122 valence electrons. The molecule has 0 unspecified atom stereocenters. The second-order valence-electron chi connectivity index (χ2n) is 4.97. The van der Waals surface area contributed by atoms with Crippen LogP contribution in [0.5, 0.6) is 0 Å². The normalized spacial score (nSPS) is 11.5. The van der Waals surface area contributed by atoms with E-state index in [9.17, 15) is 0 Å². The first-order chi connectivity index (χ1) is 9.02. The molecule has 0 saturated heterocycles. The summed E-state index contributed by atoms with van der Waals surface area (Å²) in [5.74, 6) is 1.42. The van der Waals surface area contributed by atoms with E-state index in [-0.39, 0.29) is 46.5 Å². The topological polar surface area (TPSA) is 20.2 Å². The molecular weight excluding hydrogens is 351 g/mol. The molecule has 4 heteroatoms. The summed E-state index contributed by atoms with van der Waals surface area (Å²) < 4.78 is 0. The van der Waals surface area contributed by atoms with Gasteiger partial charge in [-0.25, -0.2) is 0 Å². The second kappa shape index (κ2) is 17.3. The van der Waals surface area contributed by atoms with Crippen LogP contribution < -0.4 is 24.8 Å². The first-order valence-corrected chi connectivity index (χ1v) is 6.58. The zero-order valence-electron chi connectivity index (χ0n) is 14.3. The van der Waals surface area contributed by atoms with Gasteiger partial charge in [-0.2, -0.15) is 20.8 Å². The van der Waals surface area contributed by atoms with Gasteiger partial charge < -0.3 is 35.8 Å². The van der Waals surface area contributed by atoms with Gasteiger partial charge in [-0.15, -0.1) is 41.5 Å². The molecular formula is C18H26Cl2OTi. The summed E-state index contributed by atoms with van der Waals surface area (Å²) in [6.45, 7) is 10.6. The van der Waals surface area contributed by atoms with Crippen molar-refractivity contribution in [2.75, 3.05) is 7.11 Å². The fourth-order valence-electron chi connectivity index (χ4n) is 1.69. The van der Waals surface area contributed by atoms with Gasteiger partial charge in [0.25, 0.3) is 0 Å². The van der Waals surface area contributed by atoms with Gasteiger partial charge in [0, 0.05) is 7.11 Å². The Morgan fingerprint density at radius 3 is 1.86 bits per heavy atom. The zero-order chi connectivity index (χ0) is 14.8. The van der Waals surface area contributed by atoms with Crippen LogP contribution in [-0.4, -0.2) is 12.2 Å². The quantitative estimate of drug-likeness (QED) is 0.484. The van der Waals surface area contributed by atoms with Gasteiger partial charge in [0.2, 0.25) is 0 Å². The predicted octanol–water partition coefficient (Wildman–Crippen LogP) is -1.16. The molecule has 0 fully saturated rings. The van der Waals surface area contributed by atoms with Crippen molar-refractivity contribution in [3.63, 3.8) is 0 Å². The van der Waals surface area contributed by atoms with Crippen LogP contribution in [0.2, 0.25) is 0 Å². The molecule has 0 amide bonds. The van der Waals surface area contributed by atoms with E-state index in [2.05, 4.69) is 58.9 Å². The van der Waals surface area contributed by atoms with Crippen molar-refractivity contribution < 1.29 is 51.6 Å². The van der Waals surface area contributed by atoms with E-state index < -0.39 is 0 Å². The Bertz CT molecular complexity index is 423. The van der Waals surface area contributed by atoms with Crippen molar-refractivity contribution in [2.24, 2.45) is 0 Å². The molecule has 1 aromatic carbocycles. The van der Waals surface area contributed by atoms with E-state index in [0.717, 1.165) is 13.5 Å². The minimum absolute atomic E-state index is 0. The largest absolute Gasteiger partial charge is 4.00 e. The van der Waals surface area contributed by atoms with Crippen molar-refractivity contribution in [3.05, 3.63) is 59.0 Å². The van der Waals surface area contributed by atoms with E-state index in [1.165, 1.54) is 28.2 Å². The van der Waals surface area contributed by atoms with Crippen molar-refractivity contribution in [3.8, 4) is 0 Å². The summed E-state index contributed by atoms with van der Waals surface area (Å²) >= 11 is 0. The second-order valence-corrected chi connectivity index (χ2v) is 4.97. The Morgan fingerprint density at radius 1 is 1.05 bits per heavy atom. The molecule has 0 aliphatic heterocycles. The third kappa shape index (κ3) is 11.5. The number of hydrogen-bond donors (Lipinski definition) is 1. The minimum Gasteiger partial charge on any atom is -1.00 e.